The van der Waals surface area contributed by atoms with Gasteiger partial charge in [-0.15, -0.1) is 0 Å². The summed E-state index contributed by atoms with van der Waals surface area (Å²) in [6.07, 6.45) is 1.34. The lowest BCUT2D eigenvalue weighted by molar-refractivity contribution is 0.0988. The van der Waals surface area contributed by atoms with Crippen molar-refractivity contribution in [1.82, 2.24) is 10.2 Å². The Morgan fingerprint density at radius 1 is 0.875 bits per heavy atom. The second-order valence-corrected chi connectivity index (χ2v) is 5.30. The topological polar surface area (TPSA) is 86.9 Å². The molecule has 2 aromatic carbocycles. The van der Waals surface area contributed by atoms with E-state index in [-0.39, 0.29) is 11.3 Å². The molecule has 0 atom stereocenters. The van der Waals surface area contributed by atoms with E-state index in [1.165, 1.54) is 6.20 Å². The molecule has 0 fully saturated rings. The number of rotatable bonds is 4. The van der Waals surface area contributed by atoms with E-state index in [0.717, 1.165) is 5.56 Å². The molecule has 0 unspecified atom stereocenters. The molecule has 24 heavy (non-hydrogen) atoms. The third kappa shape index (κ3) is 3.49. The summed E-state index contributed by atoms with van der Waals surface area (Å²) in [6.45, 7) is 1.97. The lowest BCUT2D eigenvalue weighted by Gasteiger charge is -2.07. The zero-order valence-electron chi connectivity index (χ0n) is 13.0. The Morgan fingerprint density at radius 2 is 1.50 bits per heavy atom. The molecule has 3 aromatic rings. The Labute approximate surface area is 138 Å². The predicted octanol–water partition coefficient (Wildman–Crippen LogP) is 3.22. The molecule has 1 heterocycles. The average molecular weight is 320 g/mol. The van der Waals surface area contributed by atoms with Crippen molar-refractivity contribution < 1.29 is 9.59 Å². The van der Waals surface area contributed by atoms with E-state index in [0.29, 0.717) is 11.4 Å². The van der Waals surface area contributed by atoms with Crippen LogP contribution in [0, 0.1) is 6.92 Å². The molecule has 6 nitrogen and oxygen atoms in total. The van der Waals surface area contributed by atoms with Crippen molar-refractivity contribution in [2.24, 2.45) is 0 Å². The first-order valence-electron chi connectivity index (χ1n) is 7.41. The van der Waals surface area contributed by atoms with Crippen molar-refractivity contribution in [3.8, 4) is 0 Å². The molecule has 120 valence electrons. The Kier molecular flexibility index (Phi) is 4.38. The lowest BCUT2D eigenvalue weighted by atomic mass is 10.2. The van der Waals surface area contributed by atoms with Crippen LogP contribution in [-0.2, 0) is 0 Å². The number of carbonyl (C=O) groups is 2. The number of hydrogen-bond donors (Lipinski definition) is 3. The van der Waals surface area contributed by atoms with Crippen LogP contribution in [0.25, 0.3) is 0 Å². The van der Waals surface area contributed by atoms with Gasteiger partial charge in [-0.2, -0.15) is 5.10 Å². The second-order valence-electron chi connectivity index (χ2n) is 5.30. The smallest absolute Gasteiger partial charge is 0.274 e. The molecule has 0 saturated carbocycles. The fourth-order valence-corrected chi connectivity index (χ4v) is 2.18. The van der Waals surface area contributed by atoms with Crippen molar-refractivity contribution in [2.45, 2.75) is 6.92 Å². The van der Waals surface area contributed by atoms with E-state index in [9.17, 15) is 9.59 Å². The summed E-state index contributed by atoms with van der Waals surface area (Å²) in [5.41, 5.74) is 2.69. The van der Waals surface area contributed by atoms with Gasteiger partial charge in [0.15, 0.2) is 0 Å². The minimum Gasteiger partial charge on any atom is -0.322 e. The molecule has 0 aliphatic carbocycles. The molecule has 0 saturated heterocycles. The first-order valence-corrected chi connectivity index (χ1v) is 7.41. The van der Waals surface area contributed by atoms with Gasteiger partial charge >= 0.3 is 0 Å². The van der Waals surface area contributed by atoms with Gasteiger partial charge in [-0.25, -0.2) is 0 Å². The summed E-state index contributed by atoms with van der Waals surface area (Å²) in [6, 6.07) is 16.4. The van der Waals surface area contributed by atoms with Crippen LogP contribution in [0.5, 0.6) is 0 Å². The number of amides is 2. The summed E-state index contributed by atoms with van der Waals surface area (Å²) in [7, 11) is 0. The minimum atomic E-state index is -0.423. The highest BCUT2D eigenvalue weighted by molar-refractivity contribution is 6.14. The van der Waals surface area contributed by atoms with Gasteiger partial charge in [-0.05, 0) is 31.2 Å². The van der Waals surface area contributed by atoms with Gasteiger partial charge in [0, 0.05) is 11.4 Å². The van der Waals surface area contributed by atoms with Crippen molar-refractivity contribution >= 4 is 23.2 Å². The number of nitrogens with one attached hydrogen (secondary N) is 3. The van der Waals surface area contributed by atoms with Crippen molar-refractivity contribution in [2.75, 3.05) is 10.6 Å². The first kappa shape index (κ1) is 15.5. The maximum Gasteiger partial charge on any atom is 0.274 e. The van der Waals surface area contributed by atoms with Crippen LogP contribution >= 0.6 is 0 Å². The molecule has 0 radical (unpaired) electrons. The molecule has 0 bridgehead atoms. The summed E-state index contributed by atoms with van der Waals surface area (Å²) in [5.74, 6) is -0.821. The van der Waals surface area contributed by atoms with Gasteiger partial charge in [0.2, 0.25) is 0 Å². The van der Waals surface area contributed by atoms with Crippen LogP contribution in [0.15, 0.2) is 60.8 Å². The Bertz CT molecular complexity index is 854. The number of aromatic nitrogens is 2. The number of aromatic amines is 1. The number of benzene rings is 2. The third-order valence-electron chi connectivity index (χ3n) is 3.45. The molecular formula is C18H16N4O2. The third-order valence-corrected chi connectivity index (χ3v) is 3.45. The molecule has 1 aromatic heterocycles. The summed E-state index contributed by atoms with van der Waals surface area (Å²) < 4.78 is 0. The average Bonchev–Trinajstić information content (AvgIpc) is 3.08. The lowest BCUT2D eigenvalue weighted by Crippen LogP contribution is -2.19. The minimum absolute atomic E-state index is 0.114. The molecule has 6 heteroatoms. The van der Waals surface area contributed by atoms with E-state index in [1.807, 2.05) is 37.3 Å². The van der Waals surface area contributed by atoms with Crippen LogP contribution < -0.4 is 10.6 Å². The number of carbonyl (C=O) groups excluding carboxylic acids is 2. The second kappa shape index (κ2) is 6.78. The molecule has 3 N–H and O–H groups in total. The zero-order chi connectivity index (χ0) is 16.9. The van der Waals surface area contributed by atoms with Gasteiger partial charge in [-0.1, -0.05) is 35.9 Å². The number of aryl methyl sites for hydroxylation is 1. The van der Waals surface area contributed by atoms with E-state index < -0.39 is 11.8 Å². The highest BCUT2D eigenvalue weighted by Gasteiger charge is 2.19. The van der Waals surface area contributed by atoms with Crippen LogP contribution in [-0.4, -0.2) is 22.0 Å². The zero-order valence-corrected chi connectivity index (χ0v) is 13.0. The van der Waals surface area contributed by atoms with E-state index in [4.69, 9.17) is 0 Å². The number of para-hydroxylation sites is 1. The van der Waals surface area contributed by atoms with Crippen molar-refractivity contribution in [3.63, 3.8) is 0 Å². The highest BCUT2D eigenvalue weighted by Crippen LogP contribution is 2.14. The first-order chi connectivity index (χ1) is 11.6. The molecule has 3 rings (SSSR count). The Hall–Kier alpha value is -3.41. The van der Waals surface area contributed by atoms with E-state index in [1.54, 1.807) is 24.3 Å². The van der Waals surface area contributed by atoms with Crippen LogP contribution in [0.1, 0.15) is 26.4 Å². The molecule has 0 aliphatic rings. The van der Waals surface area contributed by atoms with Crippen molar-refractivity contribution in [3.05, 3.63) is 77.6 Å². The summed E-state index contributed by atoms with van der Waals surface area (Å²) in [4.78, 5) is 24.7. The van der Waals surface area contributed by atoms with Gasteiger partial charge in [0.25, 0.3) is 11.8 Å². The number of anilines is 2. The number of hydrogen-bond acceptors (Lipinski definition) is 3. The van der Waals surface area contributed by atoms with Gasteiger partial charge < -0.3 is 10.6 Å². The van der Waals surface area contributed by atoms with Crippen LogP contribution in [0.3, 0.4) is 0 Å². The number of H-pyrrole nitrogens is 1. The number of nitrogens with zero attached hydrogens (tertiary/aromatic N) is 1. The standard InChI is InChI=1S/C18H16N4O2/c1-12-7-9-14(10-8-12)20-17(23)15-11-19-22-16(15)18(24)21-13-5-3-2-4-6-13/h2-11H,1H3,(H,19,22)(H,20,23)(H,21,24). The molecular weight excluding hydrogens is 304 g/mol. The largest absolute Gasteiger partial charge is 0.322 e. The quantitative estimate of drug-likeness (QED) is 0.690. The predicted molar refractivity (Wildman–Crippen MR) is 92.1 cm³/mol. The Balaban J connectivity index is 1.75. The highest BCUT2D eigenvalue weighted by atomic mass is 16.2. The van der Waals surface area contributed by atoms with E-state index in [2.05, 4.69) is 20.8 Å². The SMILES string of the molecule is Cc1ccc(NC(=O)c2cn[nH]c2C(=O)Nc2ccccc2)cc1. The fraction of sp³-hybridized carbons (Fsp3) is 0.0556. The fourth-order valence-electron chi connectivity index (χ4n) is 2.18. The van der Waals surface area contributed by atoms with Crippen molar-refractivity contribution in [1.29, 1.82) is 0 Å². The molecule has 0 aliphatic heterocycles. The summed E-state index contributed by atoms with van der Waals surface area (Å²) in [5, 5.41) is 11.9. The summed E-state index contributed by atoms with van der Waals surface area (Å²) >= 11 is 0. The Morgan fingerprint density at radius 3 is 2.21 bits per heavy atom. The van der Waals surface area contributed by atoms with Crippen LogP contribution in [0.4, 0.5) is 11.4 Å². The maximum absolute atomic E-state index is 12.4. The molecule has 2 amide bonds. The monoisotopic (exact) mass is 320 g/mol. The van der Waals surface area contributed by atoms with Gasteiger partial charge in [0.1, 0.15) is 5.69 Å². The van der Waals surface area contributed by atoms with Crippen LogP contribution in [0.2, 0.25) is 0 Å². The maximum atomic E-state index is 12.4. The van der Waals surface area contributed by atoms with E-state index >= 15 is 0 Å². The van der Waals surface area contributed by atoms with Gasteiger partial charge in [-0.3, -0.25) is 14.7 Å². The molecule has 0 spiro atoms. The van der Waals surface area contributed by atoms with Gasteiger partial charge in [0.05, 0.1) is 11.8 Å². The normalized spacial score (nSPS) is 10.2.